The molecule has 0 aliphatic rings. The summed E-state index contributed by atoms with van der Waals surface area (Å²) in [6, 6.07) is 10.2. The number of alkyl halides is 2. The van der Waals surface area contributed by atoms with Gasteiger partial charge in [0, 0.05) is 18.3 Å². The lowest BCUT2D eigenvalue weighted by Gasteiger charge is -2.03. The van der Waals surface area contributed by atoms with Gasteiger partial charge in [-0.15, -0.1) is 12.4 Å². The maximum Gasteiger partial charge on any atom is 0.257 e. The average molecular weight is 302 g/mol. The van der Waals surface area contributed by atoms with Crippen LogP contribution in [0, 0.1) is 0 Å². The van der Waals surface area contributed by atoms with Gasteiger partial charge < -0.3 is 5.32 Å². The van der Waals surface area contributed by atoms with Crippen molar-refractivity contribution in [3.05, 3.63) is 53.9 Å². The van der Waals surface area contributed by atoms with Crippen molar-refractivity contribution in [2.24, 2.45) is 0 Å². The lowest BCUT2D eigenvalue weighted by Crippen LogP contribution is -2.16. The molecule has 6 heteroatoms. The Morgan fingerprint density at radius 2 is 1.90 bits per heavy atom. The third kappa shape index (κ3) is 5.67. The standard InChI is InChI=1S/C14H17F2N3.ClH/c15-14(16)11-19-10-13(9-18-19)8-17-7-6-12-4-2-1-3-5-12;/h1-5,9-10,14,17H,6-8,11H2;1H. The van der Waals surface area contributed by atoms with E-state index < -0.39 is 6.43 Å². The van der Waals surface area contributed by atoms with Gasteiger partial charge in [0.2, 0.25) is 0 Å². The molecule has 1 heterocycles. The molecule has 0 aliphatic heterocycles. The third-order valence-electron chi connectivity index (χ3n) is 2.77. The third-order valence-corrected chi connectivity index (χ3v) is 2.77. The summed E-state index contributed by atoms with van der Waals surface area (Å²) in [5.41, 5.74) is 2.21. The average Bonchev–Trinajstić information content (AvgIpc) is 2.83. The first kappa shape index (κ1) is 16.6. The Bertz CT molecular complexity index is 488. The van der Waals surface area contributed by atoms with E-state index in [1.165, 1.54) is 10.2 Å². The van der Waals surface area contributed by atoms with E-state index in [1.54, 1.807) is 12.4 Å². The first-order chi connectivity index (χ1) is 9.24. The number of halogens is 3. The van der Waals surface area contributed by atoms with Crippen molar-refractivity contribution < 1.29 is 8.78 Å². The van der Waals surface area contributed by atoms with Gasteiger partial charge in [-0.2, -0.15) is 5.10 Å². The van der Waals surface area contributed by atoms with E-state index in [-0.39, 0.29) is 19.0 Å². The zero-order valence-corrected chi connectivity index (χ0v) is 11.8. The molecule has 110 valence electrons. The van der Waals surface area contributed by atoms with Gasteiger partial charge in [-0.3, -0.25) is 4.68 Å². The summed E-state index contributed by atoms with van der Waals surface area (Å²) in [5.74, 6) is 0. The smallest absolute Gasteiger partial charge is 0.257 e. The number of hydrogen-bond donors (Lipinski definition) is 1. The van der Waals surface area contributed by atoms with E-state index in [9.17, 15) is 8.78 Å². The highest BCUT2D eigenvalue weighted by Crippen LogP contribution is 2.02. The summed E-state index contributed by atoms with van der Waals surface area (Å²) < 4.78 is 25.6. The van der Waals surface area contributed by atoms with Crippen LogP contribution < -0.4 is 5.32 Å². The normalized spacial score (nSPS) is 10.6. The van der Waals surface area contributed by atoms with Crippen LogP contribution in [0.25, 0.3) is 0 Å². The Morgan fingerprint density at radius 1 is 1.15 bits per heavy atom. The number of nitrogens with zero attached hydrogens (tertiary/aromatic N) is 2. The van der Waals surface area contributed by atoms with Crippen LogP contribution in [0.5, 0.6) is 0 Å². The zero-order chi connectivity index (χ0) is 13.5. The second-order valence-corrected chi connectivity index (χ2v) is 4.37. The van der Waals surface area contributed by atoms with Gasteiger partial charge in [0.15, 0.2) is 0 Å². The van der Waals surface area contributed by atoms with Crippen molar-refractivity contribution in [3.8, 4) is 0 Å². The minimum Gasteiger partial charge on any atom is -0.312 e. The molecule has 0 atom stereocenters. The van der Waals surface area contributed by atoms with Crippen molar-refractivity contribution in [3.63, 3.8) is 0 Å². The minimum atomic E-state index is -2.36. The summed E-state index contributed by atoms with van der Waals surface area (Å²) in [4.78, 5) is 0. The molecule has 0 spiro atoms. The second-order valence-electron chi connectivity index (χ2n) is 4.37. The fourth-order valence-corrected chi connectivity index (χ4v) is 1.85. The minimum absolute atomic E-state index is 0. The maximum absolute atomic E-state index is 12.1. The van der Waals surface area contributed by atoms with Gasteiger partial charge in [-0.05, 0) is 18.5 Å². The molecule has 2 aromatic rings. The largest absolute Gasteiger partial charge is 0.312 e. The van der Waals surface area contributed by atoms with E-state index in [1.807, 2.05) is 18.2 Å². The van der Waals surface area contributed by atoms with Crippen LogP contribution in [0.4, 0.5) is 8.78 Å². The molecule has 20 heavy (non-hydrogen) atoms. The molecule has 1 N–H and O–H groups in total. The fraction of sp³-hybridized carbons (Fsp3) is 0.357. The zero-order valence-electron chi connectivity index (χ0n) is 11.0. The Balaban J connectivity index is 0.00000200. The van der Waals surface area contributed by atoms with Crippen LogP contribution in [0.15, 0.2) is 42.7 Å². The molecule has 0 saturated carbocycles. The number of aromatic nitrogens is 2. The molecule has 0 unspecified atom stereocenters. The molecule has 0 radical (unpaired) electrons. The Kier molecular flexibility index (Phi) is 7.18. The van der Waals surface area contributed by atoms with E-state index in [0.29, 0.717) is 6.54 Å². The lowest BCUT2D eigenvalue weighted by molar-refractivity contribution is 0.122. The van der Waals surface area contributed by atoms with Crippen molar-refractivity contribution >= 4 is 12.4 Å². The molecule has 0 bridgehead atoms. The van der Waals surface area contributed by atoms with Crippen molar-refractivity contribution in [1.82, 2.24) is 15.1 Å². The van der Waals surface area contributed by atoms with Gasteiger partial charge in [0.05, 0.1) is 6.20 Å². The van der Waals surface area contributed by atoms with Crippen LogP contribution in [0.2, 0.25) is 0 Å². The maximum atomic E-state index is 12.1. The fourth-order valence-electron chi connectivity index (χ4n) is 1.85. The number of nitrogens with one attached hydrogen (secondary N) is 1. The summed E-state index contributed by atoms with van der Waals surface area (Å²) in [6.07, 6.45) is 1.87. The predicted octanol–water partition coefficient (Wildman–Crippen LogP) is 2.90. The molecule has 0 saturated heterocycles. The number of benzene rings is 1. The monoisotopic (exact) mass is 301 g/mol. The number of hydrogen-bond acceptors (Lipinski definition) is 2. The van der Waals surface area contributed by atoms with E-state index >= 15 is 0 Å². The van der Waals surface area contributed by atoms with Gasteiger partial charge >= 0.3 is 0 Å². The van der Waals surface area contributed by atoms with Gasteiger partial charge in [0.25, 0.3) is 6.43 Å². The highest BCUT2D eigenvalue weighted by atomic mass is 35.5. The van der Waals surface area contributed by atoms with Gasteiger partial charge in [-0.1, -0.05) is 30.3 Å². The SMILES string of the molecule is Cl.FC(F)Cn1cc(CNCCc2ccccc2)cn1. The second kappa shape index (κ2) is 8.66. The lowest BCUT2D eigenvalue weighted by atomic mass is 10.1. The van der Waals surface area contributed by atoms with Gasteiger partial charge in [0.1, 0.15) is 6.54 Å². The molecule has 0 fully saturated rings. The summed E-state index contributed by atoms with van der Waals surface area (Å²) in [7, 11) is 0. The van der Waals surface area contributed by atoms with E-state index in [2.05, 4.69) is 22.5 Å². The van der Waals surface area contributed by atoms with Crippen LogP contribution in [0.3, 0.4) is 0 Å². The highest BCUT2D eigenvalue weighted by molar-refractivity contribution is 5.85. The van der Waals surface area contributed by atoms with E-state index in [4.69, 9.17) is 0 Å². The van der Waals surface area contributed by atoms with E-state index in [0.717, 1.165) is 18.5 Å². The molecule has 0 aliphatic carbocycles. The summed E-state index contributed by atoms with van der Waals surface area (Å²) in [5, 5.41) is 7.17. The quantitative estimate of drug-likeness (QED) is 0.797. The Labute approximate surface area is 123 Å². The van der Waals surface area contributed by atoms with Crippen LogP contribution >= 0.6 is 12.4 Å². The molecule has 1 aromatic carbocycles. The molecule has 3 nitrogen and oxygen atoms in total. The molecule has 1 aromatic heterocycles. The summed E-state index contributed by atoms with van der Waals surface area (Å²) in [6.45, 7) is 1.16. The number of rotatable bonds is 7. The van der Waals surface area contributed by atoms with Crippen molar-refractivity contribution in [2.75, 3.05) is 6.54 Å². The summed E-state index contributed by atoms with van der Waals surface area (Å²) >= 11 is 0. The van der Waals surface area contributed by atoms with Crippen LogP contribution in [-0.4, -0.2) is 22.8 Å². The van der Waals surface area contributed by atoms with Gasteiger partial charge in [-0.25, -0.2) is 8.78 Å². The van der Waals surface area contributed by atoms with Crippen LogP contribution in [0.1, 0.15) is 11.1 Å². The van der Waals surface area contributed by atoms with Crippen molar-refractivity contribution in [1.29, 1.82) is 0 Å². The topological polar surface area (TPSA) is 29.9 Å². The van der Waals surface area contributed by atoms with Crippen LogP contribution in [-0.2, 0) is 19.5 Å². The first-order valence-electron chi connectivity index (χ1n) is 6.28. The van der Waals surface area contributed by atoms with Crippen molar-refractivity contribution in [2.45, 2.75) is 25.9 Å². The molecule has 0 amide bonds. The Hall–Kier alpha value is -1.46. The highest BCUT2D eigenvalue weighted by Gasteiger charge is 2.05. The predicted molar refractivity (Wildman–Crippen MR) is 77.3 cm³/mol. The first-order valence-corrected chi connectivity index (χ1v) is 6.28. The Morgan fingerprint density at radius 3 is 2.60 bits per heavy atom. The molecular formula is C14H18ClF2N3. The molecular weight excluding hydrogens is 284 g/mol. The molecule has 2 rings (SSSR count).